The van der Waals surface area contributed by atoms with Gasteiger partial charge in [-0.15, -0.1) is 0 Å². The van der Waals surface area contributed by atoms with Crippen LogP contribution >= 0.6 is 10.7 Å². The van der Waals surface area contributed by atoms with Gasteiger partial charge in [-0.1, -0.05) is 6.92 Å². The minimum Gasteiger partial charge on any atom is -0.336 e. The summed E-state index contributed by atoms with van der Waals surface area (Å²) in [5, 5.41) is -0.0855. The zero-order valence-electron chi connectivity index (χ0n) is 6.57. The van der Waals surface area contributed by atoms with Gasteiger partial charge in [-0.25, -0.2) is 13.4 Å². The summed E-state index contributed by atoms with van der Waals surface area (Å²) in [5.41, 5.74) is 0. The van der Waals surface area contributed by atoms with Crippen molar-refractivity contribution in [1.29, 1.82) is 0 Å². The van der Waals surface area contributed by atoms with Crippen molar-refractivity contribution in [2.45, 2.75) is 24.9 Å². The van der Waals surface area contributed by atoms with Gasteiger partial charge in [0.25, 0.3) is 9.05 Å². The Morgan fingerprint density at radius 1 is 1.67 bits per heavy atom. The molecule has 4 nitrogen and oxygen atoms in total. The summed E-state index contributed by atoms with van der Waals surface area (Å²) in [5.74, 6) is 0. The lowest BCUT2D eigenvalue weighted by Crippen LogP contribution is -1.92. The maximum absolute atomic E-state index is 10.7. The van der Waals surface area contributed by atoms with Crippen LogP contribution in [0.4, 0.5) is 0 Å². The summed E-state index contributed by atoms with van der Waals surface area (Å²) in [6.07, 6.45) is 3.81. The Hall–Kier alpha value is -0.550. The third-order valence-corrected chi connectivity index (χ3v) is 2.53. The molecule has 1 rings (SSSR count). The van der Waals surface area contributed by atoms with E-state index in [1.54, 1.807) is 4.57 Å². The smallest absolute Gasteiger partial charge is 0.280 e. The maximum Gasteiger partial charge on any atom is 0.280 e. The van der Waals surface area contributed by atoms with Crippen LogP contribution in [0.15, 0.2) is 17.6 Å². The molecule has 0 aliphatic rings. The van der Waals surface area contributed by atoms with Gasteiger partial charge < -0.3 is 4.57 Å². The third-order valence-electron chi connectivity index (χ3n) is 1.34. The van der Waals surface area contributed by atoms with E-state index in [0.29, 0.717) is 0 Å². The summed E-state index contributed by atoms with van der Waals surface area (Å²) in [7, 11) is 1.41. The van der Waals surface area contributed by atoms with Gasteiger partial charge in [-0.05, 0) is 6.42 Å². The number of rotatable bonds is 3. The topological polar surface area (TPSA) is 52.0 Å². The molecule has 0 aliphatic heterocycles. The molecule has 0 amide bonds. The summed E-state index contributed by atoms with van der Waals surface area (Å²) in [4.78, 5) is 3.65. The highest BCUT2D eigenvalue weighted by atomic mass is 35.7. The van der Waals surface area contributed by atoms with E-state index in [0.717, 1.165) is 13.0 Å². The van der Waals surface area contributed by atoms with Crippen molar-refractivity contribution >= 4 is 19.7 Å². The normalized spacial score (nSPS) is 11.8. The fourth-order valence-corrected chi connectivity index (χ4v) is 1.52. The molecule has 1 heterocycles. The number of hydrogen-bond donors (Lipinski definition) is 0. The number of aromatic nitrogens is 2. The van der Waals surface area contributed by atoms with E-state index in [1.165, 1.54) is 12.5 Å². The van der Waals surface area contributed by atoms with Crippen LogP contribution < -0.4 is 0 Å². The Balaban J connectivity index is 2.92. The second-order valence-electron chi connectivity index (χ2n) is 2.39. The molecule has 0 aliphatic carbocycles. The SMILES string of the molecule is CCCn1cnc(S(=O)(=O)Cl)c1. The molecule has 0 unspecified atom stereocenters. The molecule has 12 heavy (non-hydrogen) atoms. The van der Waals surface area contributed by atoms with E-state index in [9.17, 15) is 8.42 Å². The second kappa shape index (κ2) is 3.45. The molecule has 0 bridgehead atoms. The fourth-order valence-electron chi connectivity index (χ4n) is 0.846. The van der Waals surface area contributed by atoms with Crippen LogP contribution in [0.1, 0.15) is 13.3 Å². The molecule has 68 valence electrons. The van der Waals surface area contributed by atoms with Gasteiger partial charge in [-0.3, -0.25) is 0 Å². The van der Waals surface area contributed by atoms with Crippen molar-refractivity contribution in [3.05, 3.63) is 12.5 Å². The number of aryl methyl sites for hydroxylation is 1. The lowest BCUT2D eigenvalue weighted by molar-refractivity contribution is 0.606. The minimum atomic E-state index is -3.66. The van der Waals surface area contributed by atoms with Gasteiger partial charge in [0.05, 0.1) is 6.33 Å². The van der Waals surface area contributed by atoms with Crippen molar-refractivity contribution in [1.82, 2.24) is 9.55 Å². The van der Waals surface area contributed by atoms with Crippen LogP contribution in [0.2, 0.25) is 0 Å². The summed E-state index contributed by atoms with van der Waals surface area (Å²) < 4.78 is 23.2. The van der Waals surface area contributed by atoms with E-state index in [4.69, 9.17) is 10.7 Å². The minimum absolute atomic E-state index is 0.0855. The molecule has 0 radical (unpaired) electrons. The van der Waals surface area contributed by atoms with Gasteiger partial charge >= 0.3 is 0 Å². The largest absolute Gasteiger partial charge is 0.336 e. The predicted molar refractivity (Wildman–Crippen MR) is 45.6 cm³/mol. The number of halogens is 1. The second-order valence-corrected chi connectivity index (χ2v) is 4.90. The molecule has 6 heteroatoms. The molecular formula is C6H9ClN2O2S. The number of hydrogen-bond acceptors (Lipinski definition) is 3. The predicted octanol–water partition coefficient (Wildman–Crippen LogP) is 1.22. The Morgan fingerprint density at radius 3 is 2.75 bits per heavy atom. The van der Waals surface area contributed by atoms with Crippen LogP contribution in [0.5, 0.6) is 0 Å². The maximum atomic E-state index is 10.7. The number of imidazole rings is 1. The summed E-state index contributed by atoms with van der Waals surface area (Å²) in [6, 6.07) is 0. The van der Waals surface area contributed by atoms with Gasteiger partial charge in [-0.2, -0.15) is 0 Å². The van der Waals surface area contributed by atoms with Crippen molar-refractivity contribution in [3.8, 4) is 0 Å². The van der Waals surface area contributed by atoms with Crippen LogP contribution in [-0.2, 0) is 15.6 Å². The van der Waals surface area contributed by atoms with E-state index >= 15 is 0 Å². The molecule has 0 saturated heterocycles. The number of nitrogens with zero attached hydrogens (tertiary/aromatic N) is 2. The molecule has 1 aromatic heterocycles. The standard InChI is InChI=1S/C6H9ClN2O2S/c1-2-3-9-4-6(8-5-9)12(7,10)11/h4-5H,2-3H2,1H3. The molecule has 1 aromatic rings. The van der Waals surface area contributed by atoms with Crippen LogP contribution in [0, 0.1) is 0 Å². The molecular weight excluding hydrogens is 200 g/mol. The molecule has 0 N–H and O–H groups in total. The lowest BCUT2D eigenvalue weighted by Gasteiger charge is -1.94. The third kappa shape index (κ3) is 2.22. The summed E-state index contributed by atoms with van der Waals surface area (Å²) >= 11 is 0. The van der Waals surface area contributed by atoms with E-state index in [2.05, 4.69) is 4.98 Å². The Kier molecular flexibility index (Phi) is 2.74. The van der Waals surface area contributed by atoms with Crippen molar-refractivity contribution < 1.29 is 8.42 Å². The summed E-state index contributed by atoms with van der Waals surface area (Å²) in [6.45, 7) is 2.74. The van der Waals surface area contributed by atoms with E-state index in [1.807, 2.05) is 6.92 Å². The van der Waals surface area contributed by atoms with Crippen LogP contribution in [0.25, 0.3) is 0 Å². The first-order chi connectivity index (χ1) is 5.54. The molecule has 0 spiro atoms. The van der Waals surface area contributed by atoms with Gasteiger partial charge in [0.1, 0.15) is 0 Å². The average molecular weight is 209 g/mol. The lowest BCUT2D eigenvalue weighted by atomic mass is 10.5. The highest BCUT2D eigenvalue weighted by molar-refractivity contribution is 8.13. The monoisotopic (exact) mass is 208 g/mol. The quantitative estimate of drug-likeness (QED) is 0.702. The zero-order chi connectivity index (χ0) is 9.19. The first-order valence-corrected chi connectivity index (χ1v) is 5.81. The van der Waals surface area contributed by atoms with Crippen molar-refractivity contribution in [2.75, 3.05) is 0 Å². The Bertz CT molecular complexity index is 357. The van der Waals surface area contributed by atoms with Crippen molar-refractivity contribution in [2.24, 2.45) is 0 Å². The molecule has 0 aromatic carbocycles. The molecule has 0 atom stereocenters. The van der Waals surface area contributed by atoms with Crippen LogP contribution in [-0.4, -0.2) is 18.0 Å². The molecule has 0 fully saturated rings. The zero-order valence-corrected chi connectivity index (χ0v) is 8.14. The Morgan fingerprint density at radius 2 is 2.33 bits per heavy atom. The first-order valence-electron chi connectivity index (χ1n) is 3.50. The fraction of sp³-hybridized carbons (Fsp3) is 0.500. The van der Waals surface area contributed by atoms with Gasteiger partial charge in [0, 0.05) is 23.4 Å². The van der Waals surface area contributed by atoms with Gasteiger partial charge in [0.2, 0.25) is 0 Å². The van der Waals surface area contributed by atoms with Crippen LogP contribution in [0.3, 0.4) is 0 Å². The van der Waals surface area contributed by atoms with Gasteiger partial charge in [0.15, 0.2) is 5.03 Å². The van der Waals surface area contributed by atoms with E-state index in [-0.39, 0.29) is 5.03 Å². The van der Waals surface area contributed by atoms with Crippen molar-refractivity contribution in [3.63, 3.8) is 0 Å². The molecule has 0 saturated carbocycles. The Labute approximate surface area is 75.6 Å². The highest BCUT2D eigenvalue weighted by Crippen LogP contribution is 2.11. The highest BCUT2D eigenvalue weighted by Gasteiger charge is 2.12. The average Bonchev–Trinajstić information content (AvgIpc) is 2.35. The van der Waals surface area contributed by atoms with E-state index < -0.39 is 9.05 Å². The first kappa shape index (κ1) is 9.54.